The molecule has 0 aliphatic heterocycles. The summed E-state index contributed by atoms with van der Waals surface area (Å²) in [5.41, 5.74) is 2.63. The van der Waals surface area contributed by atoms with E-state index < -0.39 is 10.0 Å². The maximum absolute atomic E-state index is 12.7. The predicted octanol–water partition coefficient (Wildman–Crippen LogP) is 3.01. The Morgan fingerprint density at radius 1 is 1.40 bits per heavy atom. The third-order valence-electron chi connectivity index (χ3n) is 4.68. The van der Waals surface area contributed by atoms with E-state index in [4.69, 9.17) is 5.14 Å². The van der Waals surface area contributed by atoms with Crippen molar-refractivity contribution in [1.29, 1.82) is 0 Å². The molecule has 0 spiro atoms. The normalized spacial score (nSPS) is 18.4. The fourth-order valence-corrected chi connectivity index (χ4v) is 5.00. The zero-order valence-electron chi connectivity index (χ0n) is 14.3. The van der Waals surface area contributed by atoms with Crippen molar-refractivity contribution < 1.29 is 13.2 Å². The van der Waals surface area contributed by atoms with Crippen molar-refractivity contribution in [1.82, 2.24) is 5.32 Å². The number of fused-ring (bicyclic) bond motifs is 1. The van der Waals surface area contributed by atoms with E-state index in [2.05, 4.69) is 12.2 Å². The molecule has 2 unspecified atom stereocenters. The maximum atomic E-state index is 12.7. The summed E-state index contributed by atoms with van der Waals surface area (Å²) < 4.78 is 23.0. The van der Waals surface area contributed by atoms with E-state index >= 15 is 0 Å². The number of carbonyl (C=O) groups is 1. The number of amides is 1. The standard InChI is InChI=1S/C18H22N2O3S2/c1-11-6-7-15-16(10-24-17(15)8-11)18(21)20-12(2)13-4-3-5-14(9-13)25(19,22)23/h3-5,9-12H,6-8H2,1-2H3,(H,20,21)(H2,19,22,23). The van der Waals surface area contributed by atoms with Crippen LogP contribution in [0.1, 0.15) is 52.7 Å². The first-order valence-corrected chi connectivity index (χ1v) is 10.7. The SMILES string of the molecule is CC1CCc2c(C(=O)NC(C)c3cccc(S(N)(=O)=O)c3)csc2C1. The Morgan fingerprint density at radius 2 is 2.16 bits per heavy atom. The zero-order valence-corrected chi connectivity index (χ0v) is 15.9. The van der Waals surface area contributed by atoms with Gasteiger partial charge in [-0.05, 0) is 55.4 Å². The van der Waals surface area contributed by atoms with E-state index in [0.717, 1.165) is 24.8 Å². The van der Waals surface area contributed by atoms with Gasteiger partial charge in [0.1, 0.15) is 0 Å². The van der Waals surface area contributed by atoms with Crippen molar-refractivity contribution in [3.63, 3.8) is 0 Å². The molecule has 7 heteroatoms. The van der Waals surface area contributed by atoms with Crippen LogP contribution in [0, 0.1) is 5.92 Å². The number of rotatable bonds is 4. The van der Waals surface area contributed by atoms with Gasteiger partial charge in [-0.1, -0.05) is 19.1 Å². The molecule has 0 saturated carbocycles. The summed E-state index contributed by atoms with van der Waals surface area (Å²) in [6.45, 7) is 4.07. The average molecular weight is 379 g/mol. The smallest absolute Gasteiger partial charge is 0.252 e. The van der Waals surface area contributed by atoms with Crippen LogP contribution in [-0.4, -0.2) is 14.3 Å². The second-order valence-corrected chi connectivity index (χ2v) is 9.24. The van der Waals surface area contributed by atoms with Crippen LogP contribution in [-0.2, 0) is 22.9 Å². The van der Waals surface area contributed by atoms with Crippen LogP contribution in [0.5, 0.6) is 0 Å². The molecule has 2 aromatic rings. The van der Waals surface area contributed by atoms with Crippen molar-refractivity contribution in [2.75, 3.05) is 0 Å². The molecule has 134 valence electrons. The van der Waals surface area contributed by atoms with Gasteiger partial charge >= 0.3 is 0 Å². The average Bonchev–Trinajstić information content (AvgIpc) is 2.97. The number of carbonyl (C=O) groups excluding carboxylic acids is 1. The van der Waals surface area contributed by atoms with E-state index in [-0.39, 0.29) is 16.8 Å². The molecule has 1 aromatic carbocycles. The lowest BCUT2D eigenvalue weighted by Crippen LogP contribution is -2.28. The highest BCUT2D eigenvalue weighted by Gasteiger charge is 2.24. The fraction of sp³-hybridized carbons (Fsp3) is 0.389. The first kappa shape index (κ1) is 18.1. The van der Waals surface area contributed by atoms with Gasteiger partial charge in [0, 0.05) is 10.3 Å². The van der Waals surface area contributed by atoms with E-state index in [0.29, 0.717) is 11.5 Å². The molecule has 1 heterocycles. The van der Waals surface area contributed by atoms with Gasteiger partial charge in [0.25, 0.3) is 5.91 Å². The molecule has 2 atom stereocenters. The molecule has 1 aliphatic carbocycles. The highest BCUT2D eigenvalue weighted by Crippen LogP contribution is 2.33. The Bertz CT molecular complexity index is 903. The Morgan fingerprint density at radius 3 is 2.88 bits per heavy atom. The van der Waals surface area contributed by atoms with Crippen LogP contribution in [0.15, 0.2) is 34.5 Å². The third kappa shape index (κ3) is 3.94. The number of hydrogen-bond acceptors (Lipinski definition) is 4. The summed E-state index contributed by atoms with van der Waals surface area (Å²) in [5.74, 6) is 0.558. The summed E-state index contributed by atoms with van der Waals surface area (Å²) in [6.07, 6.45) is 3.09. The van der Waals surface area contributed by atoms with Gasteiger partial charge in [-0.2, -0.15) is 0 Å². The van der Waals surface area contributed by atoms with E-state index in [9.17, 15) is 13.2 Å². The third-order valence-corrected chi connectivity index (χ3v) is 6.64. The first-order chi connectivity index (χ1) is 11.8. The second-order valence-electron chi connectivity index (χ2n) is 6.71. The number of nitrogens with two attached hydrogens (primary N) is 1. The fourth-order valence-electron chi connectivity index (χ4n) is 3.19. The molecular formula is C18H22N2O3S2. The number of hydrogen-bond donors (Lipinski definition) is 2. The summed E-state index contributed by atoms with van der Waals surface area (Å²) in [6, 6.07) is 6.05. The van der Waals surface area contributed by atoms with Gasteiger partial charge in [-0.25, -0.2) is 13.6 Å². The van der Waals surface area contributed by atoms with Crippen LogP contribution in [0.4, 0.5) is 0 Å². The van der Waals surface area contributed by atoms with Crippen LogP contribution in [0.25, 0.3) is 0 Å². The highest BCUT2D eigenvalue weighted by molar-refractivity contribution is 7.89. The first-order valence-electron chi connectivity index (χ1n) is 8.28. The largest absolute Gasteiger partial charge is 0.345 e. The Labute approximate surface area is 152 Å². The minimum absolute atomic E-state index is 0.0491. The molecule has 0 fully saturated rings. The summed E-state index contributed by atoms with van der Waals surface area (Å²) in [4.78, 5) is 14.0. The molecule has 0 saturated heterocycles. The van der Waals surface area contributed by atoms with Gasteiger partial charge in [0.05, 0.1) is 16.5 Å². The monoisotopic (exact) mass is 378 g/mol. The van der Waals surface area contributed by atoms with Crippen LogP contribution < -0.4 is 10.5 Å². The minimum Gasteiger partial charge on any atom is -0.345 e. The quantitative estimate of drug-likeness (QED) is 0.857. The predicted molar refractivity (Wildman–Crippen MR) is 99.2 cm³/mol. The van der Waals surface area contributed by atoms with Crippen molar-refractivity contribution in [3.8, 4) is 0 Å². The lowest BCUT2D eigenvalue weighted by Gasteiger charge is -2.20. The van der Waals surface area contributed by atoms with Gasteiger partial charge in [-0.15, -0.1) is 11.3 Å². The van der Waals surface area contributed by atoms with Gasteiger partial charge in [0.15, 0.2) is 0 Å². The molecule has 1 aromatic heterocycles. The van der Waals surface area contributed by atoms with Crippen molar-refractivity contribution in [3.05, 3.63) is 51.2 Å². The molecule has 3 rings (SSSR count). The molecular weight excluding hydrogens is 356 g/mol. The molecule has 25 heavy (non-hydrogen) atoms. The minimum atomic E-state index is -3.76. The number of benzene rings is 1. The molecule has 5 nitrogen and oxygen atoms in total. The molecule has 1 amide bonds. The summed E-state index contributed by atoms with van der Waals surface area (Å²) in [5, 5.41) is 10.1. The van der Waals surface area contributed by atoms with E-state index in [1.165, 1.54) is 22.6 Å². The summed E-state index contributed by atoms with van der Waals surface area (Å²) in [7, 11) is -3.76. The Kier molecular flexibility index (Phi) is 4.99. The van der Waals surface area contributed by atoms with Gasteiger partial charge in [-0.3, -0.25) is 4.79 Å². The molecule has 0 radical (unpaired) electrons. The maximum Gasteiger partial charge on any atom is 0.252 e. The molecule has 0 bridgehead atoms. The van der Waals surface area contributed by atoms with Crippen LogP contribution in [0.2, 0.25) is 0 Å². The second kappa shape index (κ2) is 6.90. The van der Waals surface area contributed by atoms with Crippen molar-refractivity contribution >= 4 is 27.3 Å². The van der Waals surface area contributed by atoms with Crippen LogP contribution >= 0.6 is 11.3 Å². The topological polar surface area (TPSA) is 89.3 Å². The van der Waals surface area contributed by atoms with E-state index in [1.54, 1.807) is 23.5 Å². The van der Waals surface area contributed by atoms with Crippen molar-refractivity contribution in [2.45, 2.75) is 44.0 Å². The number of primary sulfonamides is 1. The number of thiophene rings is 1. The lowest BCUT2D eigenvalue weighted by atomic mass is 9.88. The Balaban J connectivity index is 1.78. The highest BCUT2D eigenvalue weighted by atomic mass is 32.2. The van der Waals surface area contributed by atoms with Gasteiger partial charge in [0.2, 0.25) is 10.0 Å². The molecule has 1 aliphatic rings. The molecule has 3 N–H and O–H groups in total. The summed E-state index contributed by atoms with van der Waals surface area (Å²) >= 11 is 1.66. The number of sulfonamides is 1. The van der Waals surface area contributed by atoms with Crippen LogP contribution in [0.3, 0.4) is 0 Å². The number of nitrogens with one attached hydrogen (secondary N) is 1. The van der Waals surface area contributed by atoms with Gasteiger partial charge < -0.3 is 5.32 Å². The van der Waals surface area contributed by atoms with E-state index in [1.807, 2.05) is 12.3 Å². The lowest BCUT2D eigenvalue weighted by molar-refractivity contribution is 0.0939. The van der Waals surface area contributed by atoms with Crippen molar-refractivity contribution in [2.24, 2.45) is 11.1 Å². The Hall–Kier alpha value is -1.70. The zero-order chi connectivity index (χ0) is 18.2.